The van der Waals surface area contributed by atoms with Gasteiger partial charge in [-0.05, 0) is 91.5 Å². The van der Waals surface area contributed by atoms with Gasteiger partial charge in [-0.15, -0.1) is 0 Å². The van der Waals surface area contributed by atoms with Crippen LogP contribution in [0.4, 0.5) is 11.4 Å². The minimum absolute atomic E-state index is 0.0518. The minimum Gasteiger partial charge on any atom is -0.496 e. The Hall–Kier alpha value is -3.66. The fourth-order valence-corrected chi connectivity index (χ4v) is 9.01. The third-order valence-corrected chi connectivity index (χ3v) is 10.7. The van der Waals surface area contributed by atoms with E-state index in [0.717, 1.165) is 17.8 Å². The first-order valence-electron chi connectivity index (χ1n) is 15.7. The van der Waals surface area contributed by atoms with Crippen LogP contribution >= 0.6 is 0 Å². The van der Waals surface area contributed by atoms with Crippen molar-refractivity contribution in [2.75, 3.05) is 64.5 Å². The smallest absolute Gasteiger partial charge is 0.293 e. The summed E-state index contributed by atoms with van der Waals surface area (Å²) in [6.07, 6.45) is 7.80. The number of nitro benzene ring substituents is 1. The van der Waals surface area contributed by atoms with E-state index in [1.165, 1.54) is 50.2 Å². The Morgan fingerprint density at radius 1 is 0.860 bits per heavy atom. The first-order valence-corrected chi connectivity index (χ1v) is 15.7. The number of nitro groups is 1. The number of carbonyl (C=O) groups excluding carboxylic acids is 2. The van der Waals surface area contributed by atoms with Gasteiger partial charge in [0.25, 0.3) is 17.5 Å². The Bertz CT molecular complexity index is 1390. The van der Waals surface area contributed by atoms with Gasteiger partial charge in [-0.3, -0.25) is 19.7 Å². The van der Waals surface area contributed by atoms with E-state index >= 15 is 0 Å². The Morgan fingerprint density at radius 3 is 2.09 bits per heavy atom. The highest BCUT2D eigenvalue weighted by Gasteiger charge is 2.51. The van der Waals surface area contributed by atoms with Crippen LogP contribution in [-0.4, -0.2) is 86.1 Å². The molecule has 4 aliphatic carbocycles. The number of methoxy groups -OCH3 is 1. The van der Waals surface area contributed by atoms with Crippen molar-refractivity contribution < 1.29 is 24.0 Å². The van der Waals surface area contributed by atoms with E-state index in [0.29, 0.717) is 75.0 Å². The highest BCUT2D eigenvalue weighted by molar-refractivity contribution is 5.98. The summed E-state index contributed by atoms with van der Waals surface area (Å²) in [6.45, 7) is 3.67. The van der Waals surface area contributed by atoms with Crippen LogP contribution in [0.3, 0.4) is 0 Å². The quantitative estimate of drug-likeness (QED) is 0.361. The van der Waals surface area contributed by atoms with E-state index in [9.17, 15) is 19.7 Å². The zero-order valence-electron chi connectivity index (χ0n) is 24.8. The highest BCUT2D eigenvalue weighted by Crippen LogP contribution is 2.61. The van der Waals surface area contributed by atoms with Gasteiger partial charge >= 0.3 is 0 Å². The molecule has 2 amide bonds. The number of piperazine rings is 1. The number of nitrogens with zero attached hydrogens (tertiary/aromatic N) is 4. The minimum atomic E-state index is -0.427. The number of benzene rings is 2. The summed E-state index contributed by atoms with van der Waals surface area (Å²) in [5.41, 5.74) is 2.76. The van der Waals surface area contributed by atoms with Gasteiger partial charge in [0.15, 0.2) is 0 Å². The van der Waals surface area contributed by atoms with Crippen molar-refractivity contribution in [1.29, 1.82) is 0 Å². The number of amides is 2. The summed E-state index contributed by atoms with van der Waals surface area (Å²) >= 11 is 0. The molecule has 4 saturated carbocycles. The number of anilines is 1. The lowest BCUT2D eigenvalue weighted by Gasteiger charge is -2.57. The number of morpholine rings is 1. The predicted molar refractivity (Wildman–Crippen MR) is 161 cm³/mol. The van der Waals surface area contributed by atoms with Gasteiger partial charge in [0.2, 0.25) is 0 Å². The Balaban J connectivity index is 1.07. The fourth-order valence-electron chi connectivity index (χ4n) is 9.01. The molecule has 0 aromatic heterocycles. The molecule has 0 radical (unpaired) electrons. The molecule has 0 atom stereocenters. The lowest BCUT2D eigenvalue weighted by atomic mass is 9.48. The number of rotatable bonds is 6. The van der Waals surface area contributed by atoms with Crippen LogP contribution in [0.5, 0.6) is 5.75 Å². The van der Waals surface area contributed by atoms with Crippen LogP contribution in [-0.2, 0) is 10.2 Å². The lowest BCUT2D eigenvalue weighted by molar-refractivity contribution is -0.384. The van der Waals surface area contributed by atoms with Gasteiger partial charge in [-0.1, -0.05) is 6.07 Å². The third kappa shape index (κ3) is 5.13. The molecule has 6 aliphatic rings. The van der Waals surface area contributed by atoms with Crippen LogP contribution in [0.2, 0.25) is 0 Å². The maximum Gasteiger partial charge on any atom is 0.293 e. The van der Waals surface area contributed by atoms with Crippen LogP contribution in [0.1, 0.15) is 64.8 Å². The Labute approximate surface area is 252 Å². The molecule has 8 rings (SSSR count). The van der Waals surface area contributed by atoms with Crippen LogP contribution in [0.15, 0.2) is 36.4 Å². The monoisotopic (exact) mass is 588 g/mol. The van der Waals surface area contributed by atoms with E-state index in [-0.39, 0.29) is 22.9 Å². The molecule has 2 saturated heterocycles. The molecule has 2 aromatic rings. The van der Waals surface area contributed by atoms with Gasteiger partial charge in [0.1, 0.15) is 11.4 Å². The van der Waals surface area contributed by atoms with Gasteiger partial charge in [-0.2, -0.15) is 0 Å². The van der Waals surface area contributed by atoms with E-state index in [2.05, 4.69) is 12.1 Å². The first-order chi connectivity index (χ1) is 20.8. The van der Waals surface area contributed by atoms with Gasteiger partial charge in [-0.25, -0.2) is 0 Å². The van der Waals surface area contributed by atoms with Crippen molar-refractivity contribution in [3.63, 3.8) is 0 Å². The molecule has 43 heavy (non-hydrogen) atoms. The topological polar surface area (TPSA) is 105 Å². The second-order valence-corrected chi connectivity index (χ2v) is 13.3. The standard InChI is InChI=1S/C33H40N4O6/c1-42-30-5-3-26(33-19-22-14-23(20-33)16-24(15-22)21-33)18-27(30)32(39)35-8-6-34(7-9-35)28-4-2-25(17-29(28)37(40)41)31(38)36-10-12-43-13-11-36/h2-5,17-18,22-24H,6-16,19-21H2,1H3. The second-order valence-electron chi connectivity index (χ2n) is 13.3. The van der Waals surface area contributed by atoms with Crippen molar-refractivity contribution >= 4 is 23.2 Å². The van der Waals surface area contributed by atoms with Crippen LogP contribution in [0, 0.1) is 27.9 Å². The summed E-state index contributed by atoms with van der Waals surface area (Å²) < 4.78 is 11.0. The van der Waals surface area contributed by atoms with Crippen molar-refractivity contribution in [3.05, 3.63) is 63.2 Å². The molecule has 0 spiro atoms. The molecule has 2 aromatic carbocycles. The first kappa shape index (κ1) is 28.1. The SMILES string of the molecule is COc1ccc(C23CC4CC(CC(C4)C2)C3)cc1C(=O)N1CCN(c2ccc(C(=O)N3CCOCC3)cc2[N+](=O)[O-])CC1. The third-order valence-electron chi connectivity index (χ3n) is 10.7. The van der Waals surface area contributed by atoms with Crippen molar-refractivity contribution in [2.24, 2.45) is 17.8 Å². The zero-order chi connectivity index (χ0) is 29.7. The molecule has 6 fully saturated rings. The second kappa shape index (κ2) is 11.1. The van der Waals surface area contributed by atoms with E-state index in [4.69, 9.17) is 9.47 Å². The molecule has 4 bridgehead atoms. The molecule has 2 aliphatic heterocycles. The van der Waals surface area contributed by atoms with Crippen LogP contribution in [0.25, 0.3) is 0 Å². The molecule has 10 nitrogen and oxygen atoms in total. The van der Waals surface area contributed by atoms with Gasteiger partial charge < -0.3 is 24.2 Å². The maximum atomic E-state index is 13.9. The average Bonchev–Trinajstić information content (AvgIpc) is 3.03. The fraction of sp³-hybridized carbons (Fsp3) is 0.576. The molecular weight excluding hydrogens is 548 g/mol. The molecule has 228 valence electrons. The number of hydrogen-bond acceptors (Lipinski definition) is 7. The summed E-state index contributed by atoms with van der Waals surface area (Å²) in [6, 6.07) is 11.0. The summed E-state index contributed by atoms with van der Waals surface area (Å²) in [4.78, 5) is 43.9. The number of ether oxygens (including phenoxy) is 2. The normalized spacial score (nSPS) is 28.2. The van der Waals surface area contributed by atoms with Gasteiger partial charge in [0, 0.05) is 50.9 Å². The Morgan fingerprint density at radius 2 is 1.49 bits per heavy atom. The highest BCUT2D eigenvalue weighted by atomic mass is 16.6. The van der Waals surface area contributed by atoms with E-state index < -0.39 is 4.92 Å². The molecule has 0 unspecified atom stereocenters. The molecule has 10 heteroatoms. The van der Waals surface area contributed by atoms with Gasteiger partial charge in [0.05, 0.1) is 30.8 Å². The predicted octanol–water partition coefficient (Wildman–Crippen LogP) is 4.51. The van der Waals surface area contributed by atoms with E-state index in [1.54, 1.807) is 24.1 Å². The zero-order valence-corrected chi connectivity index (χ0v) is 24.8. The number of carbonyl (C=O) groups is 2. The van der Waals surface area contributed by atoms with Crippen molar-refractivity contribution in [2.45, 2.75) is 43.9 Å². The molecule has 2 heterocycles. The van der Waals surface area contributed by atoms with Crippen molar-refractivity contribution in [1.82, 2.24) is 9.80 Å². The number of hydrogen-bond donors (Lipinski definition) is 0. The summed E-state index contributed by atoms with van der Waals surface area (Å²) in [5.74, 6) is 2.77. The molecular formula is C33H40N4O6. The summed E-state index contributed by atoms with van der Waals surface area (Å²) in [7, 11) is 1.61. The average molecular weight is 589 g/mol. The van der Waals surface area contributed by atoms with Crippen molar-refractivity contribution in [3.8, 4) is 5.75 Å². The maximum absolute atomic E-state index is 13.9. The Kier molecular flexibility index (Phi) is 7.27. The summed E-state index contributed by atoms with van der Waals surface area (Å²) in [5, 5.41) is 12.1. The lowest BCUT2D eigenvalue weighted by Crippen LogP contribution is -2.49. The van der Waals surface area contributed by atoms with E-state index in [1.807, 2.05) is 15.9 Å². The van der Waals surface area contributed by atoms with Crippen LogP contribution < -0.4 is 9.64 Å². The molecule has 0 N–H and O–H groups in total. The largest absolute Gasteiger partial charge is 0.496 e.